The molecule has 2 aliphatic carbocycles. The van der Waals surface area contributed by atoms with Gasteiger partial charge in [0, 0.05) is 31.3 Å². The maximum atomic E-state index is 13.5. The molecule has 0 heterocycles. The van der Waals surface area contributed by atoms with Gasteiger partial charge in [-0.2, -0.15) is 0 Å². The number of hydrogen-bond acceptors (Lipinski definition) is 10. The Kier molecular flexibility index (Phi) is 10.7. The summed E-state index contributed by atoms with van der Waals surface area (Å²) in [6.45, 7) is 15.5. The zero-order valence-electron chi connectivity index (χ0n) is 26.1. The molecule has 0 bridgehead atoms. The van der Waals surface area contributed by atoms with Crippen molar-refractivity contribution in [3.8, 4) is 0 Å². The number of carbonyl (C=O) groups excluding carboxylic acids is 2. The number of esters is 2. The molecule has 0 unspecified atom stereocenters. The third-order valence-electron chi connectivity index (χ3n) is 8.58. The molecular formula is C33H48O10. The van der Waals surface area contributed by atoms with E-state index in [9.17, 15) is 35.1 Å². The van der Waals surface area contributed by atoms with Gasteiger partial charge in [0.1, 0.15) is 35.6 Å². The van der Waals surface area contributed by atoms with Crippen molar-refractivity contribution in [2.45, 2.75) is 103 Å². The Bertz CT molecular complexity index is 1180. The smallest absolute Gasteiger partial charge is 0.338 e. The zero-order valence-corrected chi connectivity index (χ0v) is 26.1. The predicted octanol–water partition coefficient (Wildman–Crippen LogP) is 2.56. The van der Waals surface area contributed by atoms with Gasteiger partial charge in [0.05, 0.1) is 23.7 Å². The fourth-order valence-electron chi connectivity index (χ4n) is 6.29. The molecule has 0 aromatic heterocycles. The minimum absolute atomic E-state index is 0.0310. The Balaban J connectivity index is 2.32. The third kappa shape index (κ3) is 7.38. The lowest BCUT2D eigenvalue weighted by Gasteiger charge is -2.45. The molecule has 0 saturated heterocycles. The van der Waals surface area contributed by atoms with Crippen LogP contribution < -0.4 is 0 Å². The first kappa shape index (κ1) is 34.9. The molecular weight excluding hydrogens is 556 g/mol. The standard InChI is InChI=1S/C33H48O10/c1-18(2)16-41-26-20(4)24(35)25(36)27(37)31(6,7)15-14-19(3)28(43-30(38)22-12-10-9-11-13-22)33(40)17-32(8,39)29(23(26)33)42-21(5)34/h9-15,18-19,23-29,35-37,39-40H,4,16-17H2,1-3,5-8H3/b15-14+/t19-,23-,24-,25+,26-,27+,28-,29+,32+,33+/m0/s1. The maximum Gasteiger partial charge on any atom is 0.338 e. The molecule has 1 aromatic carbocycles. The summed E-state index contributed by atoms with van der Waals surface area (Å²) in [5.74, 6) is -3.55. The highest BCUT2D eigenvalue weighted by atomic mass is 16.6. The Morgan fingerprint density at radius 2 is 1.63 bits per heavy atom. The second-order valence-corrected chi connectivity index (χ2v) is 13.4. The summed E-state index contributed by atoms with van der Waals surface area (Å²) >= 11 is 0. The Morgan fingerprint density at radius 1 is 1.02 bits per heavy atom. The average molecular weight is 605 g/mol. The third-order valence-corrected chi connectivity index (χ3v) is 8.58. The van der Waals surface area contributed by atoms with Crippen molar-refractivity contribution in [3.05, 3.63) is 60.2 Å². The molecule has 1 fully saturated rings. The number of hydrogen-bond donors (Lipinski definition) is 5. The summed E-state index contributed by atoms with van der Waals surface area (Å²) in [5.41, 5.74) is -4.90. The van der Waals surface area contributed by atoms with Crippen LogP contribution in [0.5, 0.6) is 0 Å². The second kappa shape index (κ2) is 13.2. The minimum atomic E-state index is -2.10. The summed E-state index contributed by atoms with van der Waals surface area (Å²) in [4.78, 5) is 25.8. The molecule has 0 aliphatic heterocycles. The quantitative estimate of drug-likeness (QED) is 0.241. The van der Waals surface area contributed by atoms with Crippen LogP contribution in [0.3, 0.4) is 0 Å². The average Bonchev–Trinajstić information content (AvgIpc) is 3.13. The van der Waals surface area contributed by atoms with E-state index in [0.29, 0.717) is 0 Å². The van der Waals surface area contributed by atoms with Crippen molar-refractivity contribution in [3.63, 3.8) is 0 Å². The van der Waals surface area contributed by atoms with Gasteiger partial charge in [0.2, 0.25) is 0 Å². The SMILES string of the molecule is C=C1[C@H](O)[C@@H](O)[C@@H](O)C(C)(C)/C=C/[C@H](C)[C@H](OC(=O)c2ccccc2)[C@@]2(O)C[C@@](C)(O)[C@H](OC(C)=O)[C@@H]2[C@H]1OCC(C)C. The Labute approximate surface area is 254 Å². The fourth-order valence-corrected chi connectivity index (χ4v) is 6.29. The first-order valence-corrected chi connectivity index (χ1v) is 14.7. The molecule has 5 N–H and O–H groups in total. The number of aliphatic hydroxyl groups is 5. The van der Waals surface area contributed by atoms with Gasteiger partial charge in [-0.1, -0.05) is 71.5 Å². The van der Waals surface area contributed by atoms with Crippen LogP contribution in [-0.2, 0) is 19.0 Å². The lowest BCUT2D eigenvalue weighted by Crippen LogP contribution is -2.59. The molecule has 10 heteroatoms. The summed E-state index contributed by atoms with van der Waals surface area (Å²) in [7, 11) is 0. The van der Waals surface area contributed by atoms with Crippen LogP contribution >= 0.6 is 0 Å². The van der Waals surface area contributed by atoms with Crippen LogP contribution in [0.2, 0.25) is 0 Å². The van der Waals surface area contributed by atoms with E-state index in [2.05, 4.69) is 6.58 Å². The van der Waals surface area contributed by atoms with Gasteiger partial charge in [0.25, 0.3) is 0 Å². The van der Waals surface area contributed by atoms with E-state index in [1.54, 1.807) is 63.3 Å². The molecule has 1 saturated carbocycles. The molecule has 43 heavy (non-hydrogen) atoms. The van der Waals surface area contributed by atoms with Gasteiger partial charge in [-0.05, 0) is 30.5 Å². The van der Waals surface area contributed by atoms with E-state index in [4.69, 9.17) is 14.2 Å². The maximum absolute atomic E-state index is 13.5. The Morgan fingerprint density at radius 3 is 2.19 bits per heavy atom. The lowest BCUT2D eigenvalue weighted by molar-refractivity contribution is -0.182. The number of fused-ring (bicyclic) bond motifs is 1. The van der Waals surface area contributed by atoms with E-state index in [1.165, 1.54) is 6.92 Å². The molecule has 1 aromatic rings. The molecule has 3 rings (SSSR count). The highest BCUT2D eigenvalue weighted by Gasteiger charge is 2.67. The molecule has 10 atom stereocenters. The molecule has 2 aliphatic rings. The van der Waals surface area contributed by atoms with Crippen molar-refractivity contribution in [2.75, 3.05) is 6.61 Å². The van der Waals surface area contributed by atoms with E-state index < -0.39 is 83.4 Å². The van der Waals surface area contributed by atoms with E-state index in [-0.39, 0.29) is 23.7 Å². The van der Waals surface area contributed by atoms with Crippen LogP contribution in [0.1, 0.15) is 65.2 Å². The van der Waals surface area contributed by atoms with Crippen molar-refractivity contribution in [1.82, 2.24) is 0 Å². The van der Waals surface area contributed by atoms with Gasteiger partial charge in [0.15, 0.2) is 0 Å². The van der Waals surface area contributed by atoms with Crippen molar-refractivity contribution in [1.29, 1.82) is 0 Å². The number of rotatable bonds is 6. The summed E-state index contributed by atoms with van der Waals surface area (Å²) in [6.07, 6.45) is -6.09. The highest BCUT2D eigenvalue weighted by Crippen LogP contribution is 2.52. The van der Waals surface area contributed by atoms with Crippen LogP contribution in [0.4, 0.5) is 0 Å². The Hall–Kier alpha value is -2.60. The topological polar surface area (TPSA) is 163 Å². The van der Waals surface area contributed by atoms with E-state index >= 15 is 0 Å². The van der Waals surface area contributed by atoms with E-state index in [0.717, 1.165) is 6.92 Å². The molecule has 0 amide bonds. The lowest BCUT2D eigenvalue weighted by atomic mass is 9.71. The first-order chi connectivity index (χ1) is 19.8. The monoisotopic (exact) mass is 604 g/mol. The molecule has 0 spiro atoms. The van der Waals surface area contributed by atoms with Gasteiger partial charge in [-0.15, -0.1) is 0 Å². The van der Waals surface area contributed by atoms with Gasteiger partial charge in [-0.3, -0.25) is 4.79 Å². The highest BCUT2D eigenvalue weighted by molar-refractivity contribution is 5.89. The van der Waals surface area contributed by atoms with Crippen LogP contribution in [-0.4, -0.2) is 91.9 Å². The van der Waals surface area contributed by atoms with Gasteiger partial charge < -0.3 is 39.7 Å². The van der Waals surface area contributed by atoms with Crippen molar-refractivity contribution in [2.24, 2.45) is 23.2 Å². The summed E-state index contributed by atoms with van der Waals surface area (Å²) < 4.78 is 17.9. The molecule has 240 valence electrons. The normalized spacial score (nSPS) is 38.9. The second-order valence-electron chi connectivity index (χ2n) is 13.4. The van der Waals surface area contributed by atoms with Crippen LogP contribution in [0, 0.1) is 23.2 Å². The number of aliphatic hydroxyl groups excluding tert-OH is 3. The van der Waals surface area contributed by atoms with Crippen LogP contribution in [0.15, 0.2) is 54.6 Å². The summed E-state index contributed by atoms with van der Waals surface area (Å²) in [5, 5.41) is 58.0. The number of carbonyl (C=O) groups is 2. The fraction of sp³-hybridized carbons (Fsp3) is 0.636. The van der Waals surface area contributed by atoms with Crippen LogP contribution in [0.25, 0.3) is 0 Å². The molecule has 0 radical (unpaired) electrons. The zero-order chi connectivity index (χ0) is 32.5. The van der Waals surface area contributed by atoms with Gasteiger partial charge >= 0.3 is 11.9 Å². The van der Waals surface area contributed by atoms with Crippen molar-refractivity contribution >= 4 is 11.9 Å². The minimum Gasteiger partial charge on any atom is -0.459 e. The number of benzene rings is 1. The van der Waals surface area contributed by atoms with E-state index in [1.807, 2.05) is 13.8 Å². The molecule has 10 nitrogen and oxygen atoms in total. The largest absolute Gasteiger partial charge is 0.459 e. The first-order valence-electron chi connectivity index (χ1n) is 14.7. The summed E-state index contributed by atoms with van der Waals surface area (Å²) in [6, 6.07) is 8.23. The number of ether oxygens (including phenoxy) is 3. The van der Waals surface area contributed by atoms with Crippen molar-refractivity contribution < 1.29 is 49.3 Å². The predicted molar refractivity (Wildman–Crippen MR) is 159 cm³/mol. The van der Waals surface area contributed by atoms with Gasteiger partial charge in [-0.25, -0.2) is 4.79 Å².